The molecule has 0 saturated heterocycles. The highest BCUT2D eigenvalue weighted by molar-refractivity contribution is 5.92. The van der Waals surface area contributed by atoms with Crippen LogP contribution in [0.2, 0.25) is 0 Å². The molecule has 0 aromatic heterocycles. The Kier molecular flexibility index (Phi) is 4.77. The Hall–Kier alpha value is -2.56. The largest absolute Gasteiger partial charge is 0.497 e. The lowest BCUT2D eigenvalue weighted by molar-refractivity contribution is -0.115. The van der Waals surface area contributed by atoms with Crippen molar-refractivity contribution < 1.29 is 18.7 Å². The highest BCUT2D eigenvalue weighted by Gasteiger charge is 2.10. The fourth-order valence-corrected chi connectivity index (χ4v) is 1.96. The van der Waals surface area contributed by atoms with Crippen LogP contribution in [0.3, 0.4) is 0 Å². The van der Waals surface area contributed by atoms with Crippen LogP contribution in [-0.2, 0) is 11.2 Å². The second kappa shape index (κ2) is 6.74. The van der Waals surface area contributed by atoms with Gasteiger partial charge in [-0.2, -0.15) is 0 Å². The van der Waals surface area contributed by atoms with Crippen molar-refractivity contribution in [3.63, 3.8) is 0 Å². The van der Waals surface area contributed by atoms with E-state index in [-0.39, 0.29) is 12.3 Å². The normalized spacial score (nSPS) is 10.0. The van der Waals surface area contributed by atoms with E-state index in [4.69, 9.17) is 9.47 Å². The molecule has 0 saturated carbocycles. The summed E-state index contributed by atoms with van der Waals surface area (Å²) in [4.78, 5) is 12.0. The van der Waals surface area contributed by atoms with E-state index < -0.39 is 5.82 Å². The van der Waals surface area contributed by atoms with E-state index in [1.54, 1.807) is 31.4 Å². The molecular formula is C16H16FNO3. The first-order valence-electron chi connectivity index (χ1n) is 6.38. The van der Waals surface area contributed by atoms with E-state index in [1.807, 2.05) is 0 Å². The fraction of sp³-hybridized carbons (Fsp3) is 0.188. The molecule has 0 bridgehead atoms. The Morgan fingerprint density at radius 3 is 2.67 bits per heavy atom. The molecule has 21 heavy (non-hydrogen) atoms. The maximum absolute atomic E-state index is 13.3. The molecule has 0 aliphatic rings. The number of halogens is 1. The molecule has 1 amide bonds. The van der Waals surface area contributed by atoms with E-state index in [1.165, 1.54) is 25.3 Å². The molecule has 2 rings (SSSR count). The van der Waals surface area contributed by atoms with Crippen LogP contribution in [0.15, 0.2) is 42.5 Å². The molecule has 2 aromatic carbocycles. The number of carbonyl (C=O) groups is 1. The lowest BCUT2D eigenvalue weighted by Gasteiger charge is -2.10. The average molecular weight is 289 g/mol. The summed E-state index contributed by atoms with van der Waals surface area (Å²) < 4.78 is 23.5. The highest BCUT2D eigenvalue weighted by atomic mass is 19.1. The molecule has 0 radical (unpaired) electrons. The van der Waals surface area contributed by atoms with Crippen LogP contribution in [0.4, 0.5) is 10.1 Å². The van der Waals surface area contributed by atoms with Crippen molar-refractivity contribution in [1.82, 2.24) is 0 Å². The van der Waals surface area contributed by atoms with Crippen LogP contribution in [0.25, 0.3) is 0 Å². The first-order chi connectivity index (χ1) is 10.1. The van der Waals surface area contributed by atoms with Crippen molar-refractivity contribution in [3.8, 4) is 11.5 Å². The van der Waals surface area contributed by atoms with Gasteiger partial charge in [-0.05, 0) is 30.3 Å². The second-order valence-electron chi connectivity index (χ2n) is 4.41. The zero-order valence-corrected chi connectivity index (χ0v) is 11.9. The number of anilines is 1. The zero-order valence-electron chi connectivity index (χ0n) is 11.9. The quantitative estimate of drug-likeness (QED) is 0.920. The summed E-state index contributed by atoms with van der Waals surface area (Å²) in [5.41, 5.74) is 1.12. The first-order valence-corrected chi connectivity index (χ1v) is 6.38. The van der Waals surface area contributed by atoms with Gasteiger partial charge in [-0.3, -0.25) is 4.79 Å². The summed E-state index contributed by atoms with van der Waals surface area (Å²) in [6.07, 6.45) is 0.0259. The number of rotatable bonds is 5. The third kappa shape index (κ3) is 3.95. The smallest absolute Gasteiger partial charge is 0.228 e. The minimum atomic E-state index is -0.403. The van der Waals surface area contributed by atoms with Gasteiger partial charge in [-0.25, -0.2) is 4.39 Å². The van der Waals surface area contributed by atoms with Crippen molar-refractivity contribution in [1.29, 1.82) is 0 Å². The zero-order chi connectivity index (χ0) is 15.2. The average Bonchev–Trinajstić information content (AvgIpc) is 2.47. The lowest BCUT2D eigenvalue weighted by atomic mass is 10.1. The van der Waals surface area contributed by atoms with Crippen molar-refractivity contribution in [2.24, 2.45) is 0 Å². The molecule has 2 aromatic rings. The van der Waals surface area contributed by atoms with E-state index in [9.17, 15) is 9.18 Å². The molecule has 0 spiro atoms. The van der Waals surface area contributed by atoms with Crippen LogP contribution < -0.4 is 14.8 Å². The molecule has 110 valence electrons. The van der Waals surface area contributed by atoms with Gasteiger partial charge in [-0.1, -0.05) is 6.07 Å². The number of hydrogen-bond acceptors (Lipinski definition) is 3. The molecule has 1 N–H and O–H groups in total. The number of methoxy groups -OCH3 is 2. The molecular weight excluding hydrogens is 273 g/mol. The van der Waals surface area contributed by atoms with Gasteiger partial charge in [0.1, 0.15) is 17.3 Å². The molecule has 5 heteroatoms. The predicted molar refractivity (Wildman–Crippen MR) is 78.3 cm³/mol. The van der Waals surface area contributed by atoms with Crippen LogP contribution in [0.1, 0.15) is 5.56 Å². The molecule has 0 atom stereocenters. The molecule has 4 nitrogen and oxygen atoms in total. The fourth-order valence-electron chi connectivity index (χ4n) is 1.96. The standard InChI is InChI=1S/C16H16FNO3/c1-20-14-5-3-4-13(10-14)18-16(19)9-11-8-12(17)6-7-15(11)21-2/h3-8,10H,9H2,1-2H3,(H,18,19). The Bertz CT molecular complexity index is 643. The Morgan fingerprint density at radius 1 is 1.14 bits per heavy atom. The Balaban J connectivity index is 2.09. The first kappa shape index (κ1) is 14.8. The minimum Gasteiger partial charge on any atom is -0.497 e. The van der Waals surface area contributed by atoms with Gasteiger partial charge in [-0.15, -0.1) is 0 Å². The van der Waals surface area contributed by atoms with Crippen molar-refractivity contribution in [2.45, 2.75) is 6.42 Å². The van der Waals surface area contributed by atoms with Crippen molar-refractivity contribution >= 4 is 11.6 Å². The highest BCUT2D eigenvalue weighted by Crippen LogP contribution is 2.21. The molecule has 0 heterocycles. The SMILES string of the molecule is COc1cccc(NC(=O)Cc2cc(F)ccc2OC)c1. The minimum absolute atomic E-state index is 0.0259. The number of amides is 1. The van der Waals surface area contributed by atoms with Gasteiger partial charge in [0.05, 0.1) is 20.6 Å². The van der Waals surface area contributed by atoms with E-state index in [2.05, 4.69) is 5.32 Å². The number of hydrogen-bond donors (Lipinski definition) is 1. The van der Waals surface area contributed by atoms with Gasteiger partial charge < -0.3 is 14.8 Å². The van der Waals surface area contributed by atoms with E-state index >= 15 is 0 Å². The number of carbonyl (C=O) groups excluding carboxylic acids is 1. The van der Waals surface area contributed by atoms with Gasteiger partial charge in [0, 0.05) is 17.3 Å². The van der Waals surface area contributed by atoms with Gasteiger partial charge >= 0.3 is 0 Å². The summed E-state index contributed by atoms with van der Waals surface area (Å²) in [5, 5.41) is 2.74. The molecule has 0 unspecified atom stereocenters. The van der Waals surface area contributed by atoms with E-state index in [0.717, 1.165) is 0 Å². The number of nitrogens with one attached hydrogen (secondary N) is 1. The maximum Gasteiger partial charge on any atom is 0.228 e. The summed E-state index contributed by atoms with van der Waals surface area (Å²) in [5.74, 6) is 0.473. The Labute approximate surface area is 122 Å². The topological polar surface area (TPSA) is 47.6 Å². The summed E-state index contributed by atoms with van der Waals surface area (Å²) in [6, 6.07) is 11.1. The van der Waals surface area contributed by atoms with E-state index in [0.29, 0.717) is 22.7 Å². The van der Waals surface area contributed by atoms with Crippen molar-refractivity contribution in [2.75, 3.05) is 19.5 Å². The third-order valence-corrected chi connectivity index (χ3v) is 2.95. The second-order valence-corrected chi connectivity index (χ2v) is 4.41. The summed E-state index contributed by atoms with van der Waals surface area (Å²) in [6.45, 7) is 0. The summed E-state index contributed by atoms with van der Waals surface area (Å²) >= 11 is 0. The summed E-state index contributed by atoms with van der Waals surface area (Å²) in [7, 11) is 3.04. The maximum atomic E-state index is 13.3. The number of ether oxygens (including phenoxy) is 2. The molecule has 0 aliphatic carbocycles. The van der Waals surface area contributed by atoms with Crippen LogP contribution in [-0.4, -0.2) is 20.1 Å². The van der Waals surface area contributed by atoms with Crippen LogP contribution in [0, 0.1) is 5.82 Å². The third-order valence-electron chi connectivity index (χ3n) is 2.95. The molecule has 0 fully saturated rings. The van der Waals surface area contributed by atoms with Crippen LogP contribution in [0.5, 0.6) is 11.5 Å². The molecule has 0 aliphatic heterocycles. The predicted octanol–water partition coefficient (Wildman–Crippen LogP) is 3.02. The van der Waals surface area contributed by atoms with Gasteiger partial charge in [0.15, 0.2) is 0 Å². The van der Waals surface area contributed by atoms with Crippen molar-refractivity contribution in [3.05, 3.63) is 53.8 Å². The van der Waals surface area contributed by atoms with Gasteiger partial charge in [0.25, 0.3) is 0 Å². The Morgan fingerprint density at radius 2 is 1.95 bits per heavy atom. The number of benzene rings is 2. The lowest BCUT2D eigenvalue weighted by Crippen LogP contribution is -2.15. The van der Waals surface area contributed by atoms with Crippen LogP contribution >= 0.6 is 0 Å². The van der Waals surface area contributed by atoms with Gasteiger partial charge in [0.2, 0.25) is 5.91 Å². The monoisotopic (exact) mass is 289 g/mol.